The van der Waals surface area contributed by atoms with Crippen molar-refractivity contribution in [3.05, 3.63) is 73.1 Å². The van der Waals surface area contributed by atoms with Crippen molar-refractivity contribution in [3.63, 3.8) is 0 Å². The third kappa shape index (κ3) is 5.37. The molecule has 4 heteroatoms. The first-order valence-corrected chi connectivity index (χ1v) is 12.1. The van der Waals surface area contributed by atoms with Crippen molar-refractivity contribution in [3.8, 4) is 0 Å². The first kappa shape index (κ1) is 22.1. The zero-order valence-corrected chi connectivity index (χ0v) is 19.0. The second-order valence-corrected chi connectivity index (χ2v) is 8.79. The van der Waals surface area contributed by atoms with E-state index >= 15 is 0 Å². The van der Waals surface area contributed by atoms with Gasteiger partial charge in [0.25, 0.3) is 0 Å². The van der Waals surface area contributed by atoms with Crippen LogP contribution in [0.5, 0.6) is 0 Å². The number of fused-ring (bicyclic) bond motifs is 2. The Labute approximate surface area is 191 Å². The molecule has 0 aliphatic heterocycles. The van der Waals surface area contributed by atoms with Crippen molar-refractivity contribution in [2.75, 3.05) is 11.5 Å². The lowest BCUT2D eigenvalue weighted by atomic mass is 10.1. The first-order chi connectivity index (χ1) is 15.7. The quantitative estimate of drug-likeness (QED) is 0.243. The normalized spacial score (nSPS) is 11.4. The molecule has 0 amide bonds. The minimum atomic E-state index is 0.861. The van der Waals surface area contributed by atoms with Crippen LogP contribution in [0.2, 0.25) is 0 Å². The smallest absolute Gasteiger partial charge is 0.214 e. The lowest BCUT2D eigenvalue weighted by Gasteiger charge is -2.05. The van der Waals surface area contributed by atoms with Gasteiger partial charge in [0.2, 0.25) is 11.0 Å². The molecule has 0 unspecified atom stereocenters. The molecule has 2 aromatic carbocycles. The summed E-state index contributed by atoms with van der Waals surface area (Å²) < 4.78 is 4.68. The molecule has 4 N–H and O–H groups in total. The van der Waals surface area contributed by atoms with E-state index in [1.54, 1.807) is 0 Å². The predicted molar refractivity (Wildman–Crippen MR) is 134 cm³/mol. The molecule has 2 heterocycles. The van der Waals surface area contributed by atoms with Crippen molar-refractivity contribution in [1.82, 2.24) is 0 Å². The molecule has 4 rings (SSSR count). The predicted octanol–water partition coefficient (Wildman–Crippen LogP) is 5.55. The Morgan fingerprint density at radius 1 is 0.469 bits per heavy atom. The van der Waals surface area contributed by atoms with E-state index in [1.165, 1.54) is 62.4 Å². The average molecular weight is 429 g/mol. The standard InChI is InChI=1S/C28H34N4/c29-25-17-21-31(27-15-9-7-13-23(25)27)19-11-5-3-1-2-4-6-12-20-32-22-18-26(30)24-14-8-10-16-28(24)32/h7-10,13-18,21-22,29-30H,1-6,11-12,19-20H2/p+2. The maximum absolute atomic E-state index is 6.11. The molecule has 0 aliphatic carbocycles. The highest BCUT2D eigenvalue weighted by molar-refractivity contribution is 5.88. The highest BCUT2D eigenvalue weighted by Gasteiger charge is 2.11. The molecule has 2 aromatic heterocycles. The van der Waals surface area contributed by atoms with Crippen LogP contribution in [0.3, 0.4) is 0 Å². The average Bonchev–Trinajstić information content (AvgIpc) is 2.83. The molecule has 166 valence electrons. The Bertz CT molecular complexity index is 1080. The number of aryl methyl sites for hydroxylation is 2. The Hall–Kier alpha value is -3.14. The summed E-state index contributed by atoms with van der Waals surface area (Å²) in [5, 5.41) is 2.31. The molecule has 0 bridgehead atoms. The van der Waals surface area contributed by atoms with E-state index < -0.39 is 0 Å². The lowest BCUT2D eigenvalue weighted by Crippen LogP contribution is -2.34. The van der Waals surface area contributed by atoms with Gasteiger partial charge < -0.3 is 11.5 Å². The summed E-state index contributed by atoms with van der Waals surface area (Å²) in [6.45, 7) is 2.13. The number of nitrogens with zero attached hydrogens (tertiary/aromatic N) is 2. The van der Waals surface area contributed by atoms with Crippen molar-refractivity contribution < 1.29 is 9.13 Å². The fourth-order valence-corrected chi connectivity index (χ4v) is 4.63. The van der Waals surface area contributed by atoms with Crippen molar-refractivity contribution in [1.29, 1.82) is 0 Å². The largest absolute Gasteiger partial charge is 0.398 e. The van der Waals surface area contributed by atoms with Gasteiger partial charge in [0.1, 0.15) is 13.1 Å². The molecule has 4 aromatic rings. The number of benzene rings is 2. The van der Waals surface area contributed by atoms with Gasteiger partial charge in [0, 0.05) is 37.1 Å². The number of nitrogen functional groups attached to an aromatic ring is 2. The molecule has 0 atom stereocenters. The van der Waals surface area contributed by atoms with E-state index in [0.717, 1.165) is 35.2 Å². The summed E-state index contributed by atoms with van der Waals surface area (Å²) in [6, 6.07) is 20.9. The van der Waals surface area contributed by atoms with Crippen LogP contribution in [-0.4, -0.2) is 0 Å². The Morgan fingerprint density at radius 2 is 0.844 bits per heavy atom. The van der Waals surface area contributed by atoms with E-state index in [9.17, 15) is 0 Å². The number of hydrogen-bond donors (Lipinski definition) is 2. The van der Waals surface area contributed by atoms with E-state index in [4.69, 9.17) is 11.5 Å². The fourth-order valence-electron chi connectivity index (χ4n) is 4.63. The van der Waals surface area contributed by atoms with Gasteiger partial charge in [0.05, 0.1) is 22.1 Å². The van der Waals surface area contributed by atoms with E-state index in [2.05, 4.69) is 70.1 Å². The summed E-state index contributed by atoms with van der Waals surface area (Å²) in [6.07, 6.45) is 14.6. The van der Waals surface area contributed by atoms with Crippen molar-refractivity contribution >= 4 is 33.2 Å². The van der Waals surface area contributed by atoms with Crippen LogP contribution in [0.25, 0.3) is 21.8 Å². The molecule has 0 aliphatic rings. The molecule has 0 saturated heterocycles. The molecule has 0 radical (unpaired) electrons. The van der Waals surface area contributed by atoms with Crippen LogP contribution in [-0.2, 0) is 13.1 Å². The van der Waals surface area contributed by atoms with Crippen LogP contribution >= 0.6 is 0 Å². The van der Waals surface area contributed by atoms with E-state index in [0.29, 0.717) is 0 Å². The molecule has 0 saturated carbocycles. The van der Waals surface area contributed by atoms with Crippen LogP contribution in [0.1, 0.15) is 51.4 Å². The van der Waals surface area contributed by atoms with Gasteiger partial charge in [-0.25, -0.2) is 0 Å². The minimum Gasteiger partial charge on any atom is -0.398 e. The molecule has 4 nitrogen and oxygen atoms in total. The number of hydrogen-bond acceptors (Lipinski definition) is 2. The van der Waals surface area contributed by atoms with Gasteiger partial charge in [-0.3, -0.25) is 0 Å². The zero-order chi connectivity index (χ0) is 22.2. The number of anilines is 2. The molecule has 0 spiro atoms. The summed E-state index contributed by atoms with van der Waals surface area (Å²) in [7, 11) is 0. The van der Waals surface area contributed by atoms with E-state index in [1.807, 2.05) is 12.1 Å². The molecule has 0 fully saturated rings. The Balaban J connectivity index is 1.11. The molecular formula is C28H36N4+2. The number of pyridine rings is 2. The third-order valence-electron chi connectivity index (χ3n) is 6.47. The summed E-state index contributed by atoms with van der Waals surface area (Å²) in [4.78, 5) is 0. The van der Waals surface area contributed by atoms with Crippen molar-refractivity contribution in [2.24, 2.45) is 0 Å². The third-order valence-corrected chi connectivity index (χ3v) is 6.47. The van der Waals surface area contributed by atoms with Crippen LogP contribution in [0.15, 0.2) is 73.1 Å². The van der Waals surface area contributed by atoms with Gasteiger partial charge in [-0.2, -0.15) is 9.13 Å². The summed E-state index contributed by atoms with van der Waals surface area (Å²) in [5.74, 6) is 0. The van der Waals surface area contributed by atoms with Gasteiger partial charge in [0.15, 0.2) is 12.4 Å². The van der Waals surface area contributed by atoms with Crippen molar-refractivity contribution in [2.45, 2.75) is 64.5 Å². The van der Waals surface area contributed by atoms with Crippen LogP contribution < -0.4 is 20.6 Å². The zero-order valence-electron chi connectivity index (χ0n) is 19.0. The Kier molecular flexibility index (Phi) is 7.55. The number of aromatic nitrogens is 2. The van der Waals surface area contributed by atoms with Gasteiger partial charge in [-0.05, 0) is 25.0 Å². The monoisotopic (exact) mass is 428 g/mol. The Morgan fingerprint density at radius 3 is 1.28 bits per heavy atom. The summed E-state index contributed by atoms with van der Waals surface area (Å²) >= 11 is 0. The van der Waals surface area contributed by atoms with Gasteiger partial charge >= 0.3 is 0 Å². The van der Waals surface area contributed by atoms with Gasteiger partial charge in [-0.1, -0.05) is 49.9 Å². The number of para-hydroxylation sites is 2. The molecule has 32 heavy (non-hydrogen) atoms. The maximum Gasteiger partial charge on any atom is 0.214 e. The molecular weight excluding hydrogens is 392 g/mol. The second kappa shape index (κ2) is 10.9. The topological polar surface area (TPSA) is 59.8 Å². The highest BCUT2D eigenvalue weighted by atomic mass is 15.0. The lowest BCUT2D eigenvalue weighted by molar-refractivity contribution is -0.672. The number of unbranched alkanes of at least 4 members (excludes halogenated alkanes) is 7. The maximum atomic E-state index is 6.11. The van der Waals surface area contributed by atoms with E-state index in [-0.39, 0.29) is 0 Å². The second-order valence-electron chi connectivity index (χ2n) is 8.79. The number of nitrogens with two attached hydrogens (primary N) is 2. The van der Waals surface area contributed by atoms with Crippen LogP contribution in [0, 0.1) is 0 Å². The van der Waals surface area contributed by atoms with Gasteiger partial charge in [-0.15, -0.1) is 0 Å². The first-order valence-electron chi connectivity index (χ1n) is 12.1. The minimum absolute atomic E-state index is 0.861. The fraction of sp³-hybridized carbons (Fsp3) is 0.357. The highest BCUT2D eigenvalue weighted by Crippen LogP contribution is 2.18. The summed E-state index contributed by atoms with van der Waals surface area (Å²) in [5.41, 5.74) is 16.4. The number of rotatable bonds is 11. The van der Waals surface area contributed by atoms with Crippen LogP contribution in [0.4, 0.5) is 11.4 Å². The SMILES string of the molecule is Nc1cc[n+](CCCCCCCCCC[n+]2ccc(N)c3ccccc32)c2ccccc12.